The van der Waals surface area contributed by atoms with Gasteiger partial charge in [-0.25, -0.2) is 9.97 Å². The van der Waals surface area contributed by atoms with Gasteiger partial charge in [-0.3, -0.25) is 0 Å². The summed E-state index contributed by atoms with van der Waals surface area (Å²) in [6.07, 6.45) is 4.51. The molecule has 1 aromatic carbocycles. The molecular formula is C13H15N3. The van der Waals surface area contributed by atoms with Crippen molar-refractivity contribution in [1.29, 1.82) is 0 Å². The maximum atomic E-state index is 5.72. The van der Waals surface area contributed by atoms with Crippen molar-refractivity contribution in [3.05, 3.63) is 48.3 Å². The summed E-state index contributed by atoms with van der Waals surface area (Å²) in [5.41, 5.74) is 7.83. The predicted octanol–water partition coefficient (Wildman–Crippen LogP) is 2.03. The van der Waals surface area contributed by atoms with Crippen molar-refractivity contribution in [2.24, 2.45) is 5.73 Å². The highest BCUT2D eigenvalue weighted by Crippen LogP contribution is 2.13. The van der Waals surface area contributed by atoms with Crippen molar-refractivity contribution < 1.29 is 0 Å². The van der Waals surface area contributed by atoms with Gasteiger partial charge in [-0.05, 0) is 18.9 Å². The second-order valence-corrected chi connectivity index (χ2v) is 3.96. The van der Waals surface area contributed by atoms with E-state index in [1.54, 1.807) is 0 Å². The monoisotopic (exact) mass is 213 g/mol. The van der Waals surface area contributed by atoms with Crippen LogP contribution in [0, 0.1) is 0 Å². The number of hydrogen-bond donors (Lipinski definition) is 1. The maximum Gasteiger partial charge on any atom is 0.159 e. The minimum atomic E-state index is 0.145. The lowest BCUT2D eigenvalue weighted by molar-refractivity contribution is 0.732. The Labute approximate surface area is 95.4 Å². The molecule has 3 heteroatoms. The van der Waals surface area contributed by atoms with Crippen molar-refractivity contribution >= 4 is 0 Å². The van der Waals surface area contributed by atoms with E-state index in [-0.39, 0.29) is 6.04 Å². The van der Waals surface area contributed by atoms with Crippen LogP contribution >= 0.6 is 0 Å². The largest absolute Gasteiger partial charge is 0.328 e. The zero-order valence-corrected chi connectivity index (χ0v) is 9.30. The molecule has 1 aromatic heterocycles. The van der Waals surface area contributed by atoms with Gasteiger partial charge in [0.05, 0.1) is 0 Å². The molecule has 0 saturated heterocycles. The lowest BCUT2D eigenvalue weighted by Gasteiger charge is -2.05. The Bertz CT molecular complexity index is 434. The number of benzene rings is 1. The lowest BCUT2D eigenvalue weighted by Crippen LogP contribution is -2.18. The number of nitrogens with zero attached hydrogens (tertiary/aromatic N) is 2. The van der Waals surface area contributed by atoms with E-state index in [2.05, 4.69) is 9.97 Å². The Balaban J connectivity index is 2.20. The van der Waals surface area contributed by atoms with E-state index in [1.165, 1.54) is 0 Å². The van der Waals surface area contributed by atoms with Gasteiger partial charge in [0.25, 0.3) is 0 Å². The van der Waals surface area contributed by atoms with Crippen LogP contribution in [0.1, 0.15) is 12.5 Å². The molecule has 0 spiro atoms. The maximum absolute atomic E-state index is 5.72. The number of aromatic nitrogens is 2. The zero-order chi connectivity index (χ0) is 11.4. The lowest BCUT2D eigenvalue weighted by atomic mass is 10.1. The zero-order valence-electron chi connectivity index (χ0n) is 9.30. The first-order valence-corrected chi connectivity index (χ1v) is 5.37. The third kappa shape index (κ3) is 2.64. The van der Waals surface area contributed by atoms with E-state index in [9.17, 15) is 0 Å². The minimum absolute atomic E-state index is 0.145. The minimum Gasteiger partial charge on any atom is -0.328 e. The van der Waals surface area contributed by atoms with Crippen LogP contribution in [0.3, 0.4) is 0 Å². The third-order valence-electron chi connectivity index (χ3n) is 2.29. The fraction of sp³-hybridized carbons (Fsp3) is 0.231. The average molecular weight is 213 g/mol. The molecule has 0 amide bonds. The Morgan fingerprint density at radius 1 is 1.12 bits per heavy atom. The van der Waals surface area contributed by atoms with Crippen LogP contribution in [0.25, 0.3) is 11.4 Å². The highest BCUT2D eigenvalue weighted by atomic mass is 14.9. The molecular weight excluding hydrogens is 198 g/mol. The van der Waals surface area contributed by atoms with Crippen molar-refractivity contribution in [3.63, 3.8) is 0 Å². The van der Waals surface area contributed by atoms with Crippen molar-refractivity contribution in [2.45, 2.75) is 19.4 Å². The number of rotatable bonds is 3. The molecule has 0 aliphatic heterocycles. The molecule has 1 unspecified atom stereocenters. The summed E-state index contributed by atoms with van der Waals surface area (Å²) in [7, 11) is 0. The summed E-state index contributed by atoms with van der Waals surface area (Å²) < 4.78 is 0. The SMILES string of the molecule is CC(N)Cc1cnc(-c2ccccc2)nc1. The second kappa shape index (κ2) is 4.86. The molecule has 1 heterocycles. The number of nitrogens with two attached hydrogens (primary N) is 1. The summed E-state index contributed by atoms with van der Waals surface area (Å²) in [5, 5.41) is 0. The highest BCUT2D eigenvalue weighted by molar-refractivity contribution is 5.53. The fourth-order valence-corrected chi connectivity index (χ4v) is 1.57. The van der Waals surface area contributed by atoms with Crippen LogP contribution in [0.15, 0.2) is 42.7 Å². The van der Waals surface area contributed by atoms with Gasteiger partial charge in [-0.2, -0.15) is 0 Å². The summed E-state index contributed by atoms with van der Waals surface area (Å²) in [6, 6.07) is 10.1. The van der Waals surface area contributed by atoms with Gasteiger partial charge in [0.1, 0.15) is 0 Å². The standard InChI is InChI=1S/C13H15N3/c1-10(14)7-11-8-15-13(16-9-11)12-5-3-2-4-6-12/h2-6,8-10H,7,14H2,1H3. The van der Waals surface area contributed by atoms with Gasteiger partial charge in [-0.15, -0.1) is 0 Å². The molecule has 0 radical (unpaired) electrons. The van der Waals surface area contributed by atoms with Crippen molar-refractivity contribution in [3.8, 4) is 11.4 Å². The molecule has 2 rings (SSSR count). The van der Waals surface area contributed by atoms with Crippen molar-refractivity contribution in [1.82, 2.24) is 9.97 Å². The van der Waals surface area contributed by atoms with Crippen LogP contribution in [0.2, 0.25) is 0 Å². The molecule has 0 aliphatic rings. The normalized spacial score (nSPS) is 12.4. The fourth-order valence-electron chi connectivity index (χ4n) is 1.57. The second-order valence-electron chi connectivity index (χ2n) is 3.96. The molecule has 1 atom stereocenters. The quantitative estimate of drug-likeness (QED) is 0.848. The Morgan fingerprint density at radius 3 is 2.31 bits per heavy atom. The Kier molecular flexibility index (Phi) is 3.27. The first-order chi connectivity index (χ1) is 7.75. The van der Waals surface area contributed by atoms with E-state index < -0.39 is 0 Å². The van der Waals surface area contributed by atoms with Crippen LogP contribution in [0.4, 0.5) is 0 Å². The Hall–Kier alpha value is -1.74. The van der Waals surface area contributed by atoms with Crippen LogP contribution in [-0.2, 0) is 6.42 Å². The highest BCUT2D eigenvalue weighted by Gasteiger charge is 2.02. The average Bonchev–Trinajstić information content (AvgIpc) is 2.30. The van der Waals surface area contributed by atoms with Gasteiger partial charge in [0.2, 0.25) is 0 Å². The Morgan fingerprint density at radius 2 is 1.75 bits per heavy atom. The van der Waals surface area contributed by atoms with Crippen LogP contribution in [0.5, 0.6) is 0 Å². The van der Waals surface area contributed by atoms with E-state index in [0.717, 1.165) is 23.4 Å². The molecule has 82 valence electrons. The molecule has 16 heavy (non-hydrogen) atoms. The van der Waals surface area contributed by atoms with E-state index in [0.29, 0.717) is 0 Å². The summed E-state index contributed by atoms with van der Waals surface area (Å²) in [5.74, 6) is 0.758. The molecule has 0 aliphatic carbocycles. The van der Waals surface area contributed by atoms with Crippen LogP contribution in [-0.4, -0.2) is 16.0 Å². The van der Waals surface area contributed by atoms with Gasteiger partial charge in [0.15, 0.2) is 5.82 Å². The predicted molar refractivity (Wildman–Crippen MR) is 64.8 cm³/mol. The van der Waals surface area contributed by atoms with E-state index >= 15 is 0 Å². The van der Waals surface area contributed by atoms with Gasteiger partial charge >= 0.3 is 0 Å². The topological polar surface area (TPSA) is 51.8 Å². The molecule has 2 aromatic rings. The number of hydrogen-bond acceptors (Lipinski definition) is 3. The molecule has 2 N–H and O–H groups in total. The van der Waals surface area contributed by atoms with Gasteiger partial charge in [0, 0.05) is 24.0 Å². The first-order valence-electron chi connectivity index (χ1n) is 5.37. The van der Waals surface area contributed by atoms with E-state index in [1.807, 2.05) is 49.6 Å². The third-order valence-corrected chi connectivity index (χ3v) is 2.29. The molecule has 0 saturated carbocycles. The smallest absolute Gasteiger partial charge is 0.159 e. The summed E-state index contributed by atoms with van der Waals surface area (Å²) in [6.45, 7) is 1.98. The molecule has 0 fully saturated rings. The summed E-state index contributed by atoms with van der Waals surface area (Å²) >= 11 is 0. The molecule has 3 nitrogen and oxygen atoms in total. The summed E-state index contributed by atoms with van der Waals surface area (Å²) in [4.78, 5) is 8.67. The van der Waals surface area contributed by atoms with E-state index in [4.69, 9.17) is 5.73 Å². The van der Waals surface area contributed by atoms with Crippen LogP contribution < -0.4 is 5.73 Å². The van der Waals surface area contributed by atoms with Crippen molar-refractivity contribution in [2.75, 3.05) is 0 Å². The first kappa shape index (κ1) is 10.8. The van der Waals surface area contributed by atoms with Gasteiger partial charge in [-0.1, -0.05) is 30.3 Å². The van der Waals surface area contributed by atoms with Gasteiger partial charge < -0.3 is 5.73 Å². The molecule has 0 bridgehead atoms.